The molecular formula is C11H17N3O5. The molecule has 1 heterocycles. The Morgan fingerprint density at radius 3 is 2.37 bits per heavy atom. The van der Waals surface area contributed by atoms with E-state index in [4.69, 9.17) is 10.2 Å². The van der Waals surface area contributed by atoms with Crippen LogP contribution in [0.1, 0.15) is 0 Å². The fourth-order valence-electron chi connectivity index (χ4n) is 1.58. The molecule has 106 valence electrons. The molecule has 0 atom stereocenters. The summed E-state index contributed by atoms with van der Waals surface area (Å²) >= 11 is 0. The van der Waals surface area contributed by atoms with Gasteiger partial charge in [0.2, 0.25) is 5.91 Å². The van der Waals surface area contributed by atoms with E-state index >= 15 is 0 Å². The number of amides is 1. The zero-order valence-electron chi connectivity index (χ0n) is 10.7. The predicted molar refractivity (Wildman–Crippen MR) is 66.7 cm³/mol. The lowest BCUT2D eigenvalue weighted by Gasteiger charge is -2.21. The van der Waals surface area contributed by atoms with Crippen LogP contribution < -0.4 is 11.2 Å². The first-order valence-electron chi connectivity index (χ1n) is 5.77. The van der Waals surface area contributed by atoms with Crippen molar-refractivity contribution in [2.45, 2.75) is 6.54 Å². The third-order valence-corrected chi connectivity index (χ3v) is 2.66. The van der Waals surface area contributed by atoms with Gasteiger partial charge in [0, 0.05) is 32.4 Å². The zero-order chi connectivity index (χ0) is 14.4. The molecule has 2 N–H and O–H groups in total. The van der Waals surface area contributed by atoms with Crippen LogP contribution in [-0.4, -0.2) is 56.5 Å². The van der Waals surface area contributed by atoms with Crippen LogP contribution >= 0.6 is 0 Å². The van der Waals surface area contributed by atoms with Gasteiger partial charge in [-0.05, 0) is 0 Å². The SMILES string of the molecule is Cn1c(=O)ccn(CC(=O)N(CCO)CCO)c1=O. The highest BCUT2D eigenvalue weighted by atomic mass is 16.3. The molecule has 0 aromatic carbocycles. The second kappa shape index (κ2) is 6.86. The van der Waals surface area contributed by atoms with Crippen molar-refractivity contribution in [3.05, 3.63) is 33.1 Å². The Hall–Kier alpha value is -1.93. The Kier molecular flexibility index (Phi) is 5.46. The van der Waals surface area contributed by atoms with Gasteiger partial charge in [-0.25, -0.2) is 4.79 Å². The Balaban J connectivity index is 2.89. The Labute approximate surface area is 109 Å². The molecule has 0 saturated carbocycles. The summed E-state index contributed by atoms with van der Waals surface area (Å²) in [6.07, 6.45) is 1.25. The first-order valence-corrected chi connectivity index (χ1v) is 5.77. The number of carbonyl (C=O) groups is 1. The number of aromatic nitrogens is 2. The van der Waals surface area contributed by atoms with Crippen molar-refractivity contribution >= 4 is 5.91 Å². The maximum Gasteiger partial charge on any atom is 0.331 e. The Morgan fingerprint density at radius 2 is 1.84 bits per heavy atom. The van der Waals surface area contributed by atoms with Crippen molar-refractivity contribution in [1.82, 2.24) is 14.0 Å². The summed E-state index contributed by atoms with van der Waals surface area (Å²) in [6.45, 7) is -0.533. The van der Waals surface area contributed by atoms with Crippen LogP contribution in [0.3, 0.4) is 0 Å². The van der Waals surface area contributed by atoms with Gasteiger partial charge in [0.05, 0.1) is 13.2 Å². The average Bonchev–Trinajstić information content (AvgIpc) is 2.39. The van der Waals surface area contributed by atoms with Crippen LogP contribution in [0, 0.1) is 0 Å². The number of carbonyl (C=O) groups excluding carboxylic acids is 1. The molecule has 1 aromatic heterocycles. The molecule has 1 rings (SSSR count). The lowest BCUT2D eigenvalue weighted by molar-refractivity contribution is -0.133. The third-order valence-electron chi connectivity index (χ3n) is 2.66. The van der Waals surface area contributed by atoms with E-state index in [1.807, 2.05) is 0 Å². The van der Waals surface area contributed by atoms with Gasteiger partial charge in [-0.3, -0.25) is 18.7 Å². The lowest BCUT2D eigenvalue weighted by Crippen LogP contribution is -2.43. The van der Waals surface area contributed by atoms with Crippen LogP contribution in [0.15, 0.2) is 21.9 Å². The Morgan fingerprint density at radius 1 is 1.26 bits per heavy atom. The van der Waals surface area contributed by atoms with Crippen molar-refractivity contribution in [1.29, 1.82) is 0 Å². The van der Waals surface area contributed by atoms with Gasteiger partial charge >= 0.3 is 5.69 Å². The molecule has 0 unspecified atom stereocenters. The highest BCUT2D eigenvalue weighted by Crippen LogP contribution is 1.92. The highest BCUT2D eigenvalue weighted by molar-refractivity contribution is 5.75. The van der Waals surface area contributed by atoms with Gasteiger partial charge in [-0.15, -0.1) is 0 Å². The van der Waals surface area contributed by atoms with Crippen molar-refractivity contribution in [2.75, 3.05) is 26.3 Å². The smallest absolute Gasteiger partial charge is 0.331 e. The van der Waals surface area contributed by atoms with Crippen LogP contribution in [0.5, 0.6) is 0 Å². The monoisotopic (exact) mass is 271 g/mol. The first kappa shape index (κ1) is 15.1. The molecular weight excluding hydrogens is 254 g/mol. The van der Waals surface area contributed by atoms with E-state index in [2.05, 4.69) is 0 Å². The van der Waals surface area contributed by atoms with E-state index in [9.17, 15) is 14.4 Å². The highest BCUT2D eigenvalue weighted by Gasteiger charge is 2.14. The van der Waals surface area contributed by atoms with Crippen LogP contribution in [-0.2, 0) is 18.4 Å². The normalized spacial score (nSPS) is 10.5. The van der Waals surface area contributed by atoms with E-state index in [0.717, 1.165) is 9.13 Å². The first-order chi connectivity index (χ1) is 9.01. The number of nitrogens with zero attached hydrogens (tertiary/aromatic N) is 3. The molecule has 0 aliphatic heterocycles. The summed E-state index contributed by atoms with van der Waals surface area (Å²) in [5.74, 6) is -0.413. The quantitative estimate of drug-likeness (QED) is 0.588. The molecule has 8 nitrogen and oxygen atoms in total. The molecule has 1 aromatic rings. The minimum atomic E-state index is -0.589. The van der Waals surface area contributed by atoms with Gasteiger partial charge in [-0.2, -0.15) is 0 Å². The summed E-state index contributed by atoms with van der Waals surface area (Å²) < 4.78 is 2.00. The van der Waals surface area contributed by atoms with Gasteiger partial charge in [-0.1, -0.05) is 0 Å². The van der Waals surface area contributed by atoms with Crippen molar-refractivity contribution in [3.63, 3.8) is 0 Å². The van der Waals surface area contributed by atoms with Crippen LogP contribution in [0.25, 0.3) is 0 Å². The maximum atomic E-state index is 11.9. The maximum absolute atomic E-state index is 11.9. The second-order valence-electron chi connectivity index (χ2n) is 3.95. The lowest BCUT2D eigenvalue weighted by atomic mass is 10.4. The number of hydrogen-bond donors (Lipinski definition) is 2. The fourth-order valence-corrected chi connectivity index (χ4v) is 1.58. The molecule has 0 radical (unpaired) electrons. The van der Waals surface area contributed by atoms with Crippen LogP contribution in [0.2, 0.25) is 0 Å². The molecule has 0 bridgehead atoms. The zero-order valence-corrected chi connectivity index (χ0v) is 10.7. The van der Waals surface area contributed by atoms with E-state index in [1.165, 1.54) is 24.2 Å². The van der Waals surface area contributed by atoms with Crippen molar-refractivity contribution < 1.29 is 15.0 Å². The molecule has 0 aliphatic rings. The van der Waals surface area contributed by atoms with E-state index < -0.39 is 17.2 Å². The Bertz CT molecular complexity index is 542. The summed E-state index contributed by atoms with van der Waals surface area (Å²) in [5, 5.41) is 17.6. The number of rotatable bonds is 6. The number of hydrogen-bond acceptors (Lipinski definition) is 5. The third kappa shape index (κ3) is 3.76. The molecule has 8 heteroatoms. The second-order valence-corrected chi connectivity index (χ2v) is 3.95. The summed E-state index contributed by atoms with van der Waals surface area (Å²) in [5.41, 5.74) is -1.04. The summed E-state index contributed by atoms with van der Waals surface area (Å²) in [4.78, 5) is 36.1. The van der Waals surface area contributed by atoms with Crippen molar-refractivity contribution in [2.24, 2.45) is 7.05 Å². The van der Waals surface area contributed by atoms with Gasteiger partial charge in [0.1, 0.15) is 6.54 Å². The van der Waals surface area contributed by atoms with Crippen LogP contribution in [0.4, 0.5) is 0 Å². The van der Waals surface area contributed by atoms with Gasteiger partial charge in [0.25, 0.3) is 5.56 Å². The standard InChI is InChI=1S/C11H17N3O5/c1-12-9(17)2-3-14(11(12)19)8-10(18)13(4-6-15)5-7-16/h2-3,15-16H,4-8H2,1H3. The number of aliphatic hydroxyl groups is 2. The molecule has 19 heavy (non-hydrogen) atoms. The average molecular weight is 271 g/mol. The van der Waals surface area contributed by atoms with Gasteiger partial charge < -0.3 is 15.1 Å². The summed E-state index contributed by atoms with van der Waals surface area (Å²) in [7, 11) is 1.32. The predicted octanol–water partition coefficient (Wildman–Crippen LogP) is -2.64. The van der Waals surface area contributed by atoms with E-state index in [0.29, 0.717) is 0 Å². The minimum Gasteiger partial charge on any atom is -0.395 e. The fraction of sp³-hybridized carbons (Fsp3) is 0.545. The number of aliphatic hydroxyl groups excluding tert-OH is 2. The van der Waals surface area contributed by atoms with E-state index in [-0.39, 0.29) is 32.8 Å². The molecule has 0 aliphatic carbocycles. The van der Waals surface area contributed by atoms with Crippen molar-refractivity contribution in [3.8, 4) is 0 Å². The summed E-state index contributed by atoms with van der Waals surface area (Å²) in [6, 6.07) is 1.19. The molecule has 0 fully saturated rings. The molecule has 1 amide bonds. The van der Waals surface area contributed by atoms with E-state index in [1.54, 1.807) is 0 Å². The topological polar surface area (TPSA) is 105 Å². The molecule has 0 spiro atoms. The molecule has 0 saturated heterocycles. The largest absolute Gasteiger partial charge is 0.395 e. The van der Waals surface area contributed by atoms with Gasteiger partial charge in [0.15, 0.2) is 0 Å². The minimum absolute atomic E-state index is 0.0832.